The van der Waals surface area contributed by atoms with Gasteiger partial charge in [-0.15, -0.1) is 0 Å². The first-order valence-corrected chi connectivity index (χ1v) is 8.59. The topological polar surface area (TPSA) is 58.6 Å². The van der Waals surface area contributed by atoms with Crippen molar-refractivity contribution in [2.24, 2.45) is 0 Å². The molecule has 19 heavy (non-hydrogen) atoms. The summed E-state index contributed by atoms with van der Waals surface area (Å²) in [7, 11) is -2.88. The predicted octanol–water partition coefficient (Wildman–Crippen LogP) is 1.04. The van der Waals surface area contributed by atoms with E-state index >= 15 is 0 Å². The van der Waals surface area contributed by atoms with Gasteiger partial charge in [-0.2, -0.15) is 0 Å². The Morgan fingerprint density at radius 2 is 1.32 bits per heavy atom. The van der Waals surface area contributed by atoms with Crippen LogP contribution in [0.25, 0.3) is 0 Å². The SMILES string of the molecule is CCCCCCCCCCCCOP(=O)([O-])OC.[K+]. The number of phosphoric acid groups is 1. The van der Waals surface area contributed by atoms with Gasteiger partial charge in [0, 0.05) is 7.11 Å². The second-order valence-corrected chi connectivity index (χ2v) is 6.16. The van der Waals surface area contributed by atoms with Crippen LogP contribution in [0.2, 0.25) is 0 Å². The molecule has 0 saturated heterocycles. The molecular formula is C13H28KO4P. The van der Waals surface area contributed by atoms with Crippen LogP contribution in [0.5, 0.6) is 0 Å². The molecule has 0 aliphatic heterocycles. The Morgan fingerprint density at radius 3 is 1.74 bits per heavy atom. The number of hydrogen-bond donors (Lipinski definition) is 0. The summed E-state index contributed by atoms with van der Waals surface area (Å²) in [6.07, 6.45) is 12.2. The molecule has 0 fully saturated rings. The van der Waals surface area contributed by atoms with Crippen molar-refractivity contribution in [2.45, 2.75) is 71.1 Å². The summed E-state index contributed by atoms with van der Waals surface area (Å²) in [6.45, 7) is 2.47. The van der Waals surface area contributed by atoms with Gasteiger partial charge >= 0.3 is 51.4 Å². The monoisotopic (exact) mass is 318 g/mol. The van der Waals surface area contributed by atoms with Gasteiger partial charge in [0.25, 0.3) is 7.82 Å². The summed E-state index contributed by atoms with van der Waals surface area (Å²) in [5, 5.41) is 0. The van der Waals surface area contributed by atoms with Crippen LogP contribution >= 0.6 is 7.82 Å². The van der Waals surface area contributed by atoms with Crippen molar-refractivity contribution >= 4 is 7.82 Å². The van der Waals surface area contributed by atoms with Crippen LogP contribution in [0.15, 0.2) is 0 Å². The summed E-state index contributed by atoms with van der Waals surface area (Å²) in [4.78, 5) is 10.8. The normalized spacial score (nSPS) is 13.8. The molecule has 6 heteroatoms. The Hall–Kier alpha value is 1.75. The molecule has 0 amide bonds. The molecule has 1 unspecified atom stereocenters. The van der Waals surface area contributed by atoms with E-state index < -0.39 is 7.82 Å². The predicted molar refractivity (Wildman–Crippen MR) is 72.4 cm³/mol. The van der Waals surface area contributed by atoms with Crippen molar-refractivity contribution in [1.82, 2.24) is 0 Å². The molecule has 0 heterocycles. The standard InChI is InChI=1S/C13H29O4P.K/c1-3-4-5-6-7-8-9-10-11-12-13-17-18(14,15)16-2;/h3-13H2,1-2H3,(H,14,15);/q;+1/p-1. The molecule has 0 N–H and O–H groups in total. The van der Waals surface area contributed by atoms with Crippen molar-refractivity contribution < 1.29 is 69.9 Å². The zero-order chi connectivity index (χ0) is 13.7. The first-order chi connectivity index (χ1) is 8.62. The third kappa shape index (κ3) is 17.7. The van der Waals surface area contributed by atoms with Crippen molar-refractivity contribution in [3.05, 3.63) is 0 Å². The third-order valence-electron chi connectivity index (χ3n) is 2.97. The van der Waals surface area contributed by atoms with Crippen LogP contribution in [-0.2, 0) is 13.6 Å². The van der Waals surface area contributed by atoms with Gasteiger partial charge in [0.15, 0.2) is 0 Å². The summed E-state index contributed by atoms with van der Waals surface area (Å²) < 4.78 is 19.7. The van der Waals surface area contributed by atoms with Crippen LogP contribution in [0, 0.1) is 0 Å². The van der Waals surface area contributed by atoms with E-state index in [2.05, 4.69) is 16.0 Å². The summed E-state index contributed by atoms with van der Waals surface area (Å²) >= 11 is 0. The minimum atomic E-state index is -4.00. The quantitative estimate of drug-likeness (QED) is 0.289. The van der Waals surface area contributed by atoms with Crippen LogP contribution < -0.4 is 56.3 Å². The molecule has 1 atom stereocenters. The minimum Gasteiger partial charge on any atom is -0.756 e. The molecule has 4 nitrogen and oxygen atoms in total. The van der Waals surface area contributed by atoms with E-state index in [9.17, 15) is 9.46 Å². The molecule has 0 bridgehead atoms. The number of rotatable bonds is 13. The van der Waals surface area contributed by atoms with E-state index in [1.807, 2.05) is 0 Å². The molecule has 0 saturated carbocycles. The molecule has 0 aliphatic carbocycles. The average Bonchev–Trinajstić information content (AvgIpc) is 2.36. The molecule has 0 spiro atoms. The van der Waals surface area contributed by atoms with Crippen LogP contribution in [0.4, 0.5) is 0 Å². The van der Waals surface area contributed by atoms with Gasteiger partial charge in [-0.25, -0.2) is 0 Å². The van der Waals surface area contributed by atoms with Gasteiger partial charge in [0.1, 0.15) is 0 Å². The summed E-state index contributed by atoms with van der Waals surface area (Å²) in [5.41, 5.74) is 0. The maximum absolute atomic E-state index is 10.8. The fourth-order valence-electron chi connectivity index (χ4n) is 1.82. The fraction of sp³-hybridized carbons (Fsp3) is 1.00. The van der Waals surface area contributed by atoms with Crippen molar-refractivity contribution in [2.75, 3.05) is 13.7 Å². The third-order valence-corrected chi connectivity index (χ3v) is 3.92. The Morgan fingerprint density at radius 1 is 0.895 bits per heavy atom. The largest absolute Gasteiger partial charge is 1.00 e. The zero-order valence-electron chi connectivity index (χ0n) is 12.9. The van der Waals surface area contributed by atoms with Gasteiger partial charge < -0.3 is 13.9 Å². The van der Waals surface area contributed by atoms with E-state index in [0.29, 0.717) is 0 Å². The smallest absolute Gasteiger partial charge is 0.756 e. The first kappa shape index (κ1) is 23.0. The summed E-state index contributed by atoms with van der Waals surface area (Å²) in [6, 6.07) is 0. The molecular weight excluding hydrogens is 290 g/mol. The molecule has 0 radical (unpaired) electrons. The second kappa shape index (κ2) is 16.1. The Balaban J connectivity index is 0. The maximum atomic E-state index is 10.8. The molecule has 110 valence electrons. The summed E-state index contributed by atoms with van der Waals surface area (Å²) in [5.74, 6) is 0. The van der Waals surface area contributed by atoms with Gasteiger partial charge in [-0.05, 0) is 6.42 Å². The van der Waals surface area contributed by atoms with Gasteiger partial charge in [-0.3, -0.25) is 4.57 Å². The Bertz CT molecular complexity index is 227. The van der Waals surface area contributed by atoms with Gasteiger partial charge in [-0.1, -0.05) is 64.7 Å². The van der Waals surface area contributed by atoms with Crippen LogP contribution in [0.3, 0.4) is 0 Å². The number of phosphoric ester groups is 1. The van der Waals surface area contributed by atoms with E-state index in [0.717, 1.165) is 26.4 Å². The molecule has 0 aromatic carbocycles. The van der Waals surface area contributed by atoms with Gasteiger partial charge in [0.05, 0.1) is 6.61 Å². The second-order valence-electron chi connectivity index (χ2n) is 4.64. The number of hydrogen-bond acceptors (Lipinski definition) is 4. The zero-order valence-corrected chi connectivity index (χ0v) is 16.9. The van der Waals surface area contributed by atoms with Crippen molar-refractivity contribution in [3.8, 4) is 0 Å². The fourth-order valence-corrected chi connectivity index (χ4v) is 2.28. The van der Waals surface area contributed by atoms with Crippen molar-refractivity contribution in [1.29, 1.82) is 0 Å². The van der Waals surface area contributed by atoms with Crippen molar-refractivity contribution in [3.63, 3.8) is 0 Å². The van der Waals surface area contributed by atoms with Crippen LogP contribution in [-0.4, -0.2) is 13.7 Å². The Kier molecular flexibility index (Phi) is 19.5. The van der Waals surface area contributed by atoms with E-state index in [1.165, 1.54) is 44.9 Å². The molecule has 0 rings (SSSR count). The molecule has 0 aromatic heterocycles. The maximum Gasteiger partial charge on any atom is 1.00 e. The van der Waals surface area contributed by atoms with E-state index in [-0.39, 0.29) is 58.0 Å². The molecule has 0 aliphatic rings. The van der Waals surface area contributed by atoms with E-state index in [4.69, 9.17) is 0 Å². The molecule has 0 aromatic rings. The van der Waals surface area contributed by atoms with Crippen LogP contribution in [0.1, 0.15) is 71.1 Å². The minimum absolute atomic E-state index is 0. The Labute approximate surface area is 161 Å². The average molecular weight is 318 g/mol. The first-order valence-electron chi connectivity index (χ1n) is 7.13. The van der Waals surface area contributed by atoms with Gasteiger partial charge in [0.2, 0.25) is 0 Å². The number of unbranched alkanes of at least 4 members (excludes halogenated alkanes) is 9. The van der Waals surface area contributed by atoms with E-state index in [1.54, 1.807) is 0 Å².